The van der Waals surface area contributed by atoms with E-state index >= 15 is 0 Å². The molecule has 1 amide bonds. The fourth-order valence-corrected chi connectivity index (χ4v) is 4.23. The first kappa shape index (κ1) is 20.2. The normalized spacial score (nSPS) is 15.9. The Morgan fingerprint density at radius 1 is 1.17 bits per heavy atom. The Labute approximate surface area is 179 Å². The fourth-order valence-electron chi connectivity index (χ4n) is 3.40. The molecule has 1 aliphatic heterocycles. The molecule has 0 saturated carbocycles. The number of hydrazone groups is 1. The lowest BCUT2D eigenvalue weighted by molar-refractivity contribution is -0.130. The molecular formula is C22H23N5O2S. The number of carbonyl (C=O) groups is 1. The van der Waals surface area contributed by atoms with Crippen molar-refractivity contribution < 1.29 is 9.53 Å². The lowest BCUT2D eigenvalue weighted by Gasteiger charge is -2.22. The van der Waals surface area contributed by atoms with E-state index in [4.69, 9.17) is 9.84 Å². The van der Waals surface area contributed by atoms with E-state index in [9.17, 15) is 4.79 Å². The van der Waals surface area contributed by atoms with Gasteiger partial charge in [-0.2, -0.15) is 5.10 Å². The number of methoxy groups -OCH3 is 1. The summed E-state index contributed by atoms with van der Waals surface area (Å²) in [6, 6.07) is 17.7. The average molecular weight is 422 g/mol. The molecule has 1 aliphatic rings. The van der Waals surface area contributed by atoms with Crippen molar-refractivity contribution in [2.75, 3.05) is 12.9 Å². The van der Waals surface area contributed by atoms with Crippen LogP contribution in [0.5, 0.6) is 5.75 Å². The van der Waals surface area contributed by atoms with E-state index in [1.165, 1.54) is 11.8 Å². The summed E-state index contributed by atoms with van der Waals surface area (Å²) in [5.41, 5.74) is 2.97. The van der Waals surface area contributed by atoms with E-state index in [1.807, 2.05) is 66.1 Å². The number of benzene rings is 2. The Kier molecular flexibility index (Phi) is 6.13. The van der Waals surface area contributed by atoms with Crippen LogP contribution in [0.25, 0.3) is 0 Å². The van der Waals surface area contributed by atoms with Crippen LogP contribution in [0.15, 0.2) is 71.2 Å². The van der Waals surface area contributed by atoms with Gasteiger partial charge in [-0.15, -0.1) is 10.2 Å². The van der Waals surface area contributed by atoms with Gasteiger partial charge in [-0.05, 0) is 30.2 Å². The zero-order valence-electron chi connectivity index (χ0n) is 16.9. The van der Waals surface area contributed by atoms with Crippen LogP contribution >= 0.6 is 11.8 Å². The summed E-state index contributed by atoms with van der Waals surface area (Å²) in [6.07, 6.45) is 2.34. The second kappa shape index (κ2) is 9.13. The minimum Gasteiger partial charge on any atom is -0.497 e. The molecule has 0 fully saturated rings. The van der Waals surface area contributed by atoms with Crippen LogP contribution in [0.4, 0.5) is 0 Å². The Morgan fingerprint density at radius 2 is 1.93 bits per heavy atom. The lowest BCUT2D eigenvalue weighted by atomic mass is 9.98. The molecule has 0 radical (unpaired) electrons. The summed E-state index contributed by atoms with van der Waals surface area (Å²) in [7, 11) is 1.64. The van der Waals surface area contributed by atoms with Gasteiger partial charge in [0.15, 0.2) is 5.16 Å². The third kappa shape index (κ3) is 4.23. The van der Waals surface area contributed by atoms with Crippen LogP contribution in [0.1, 0.15) is 30.5 Å². The van der Waals surface area contributed by atoms with Crippen LogP contribution in [0.3, 0.4) is 0 Å². The highest BCUT2D eigenvalue weighted by Crippen LogP contribution is 2.34. The van der Waals surface area contributed by atoms with Crippen molar-refractivity contribution in [3.05, 3.63) is 72.1 Å². The first-order valence-corrected chi connectivity index (χ1v) is 10.8. The zero-order valence-corrected chi connectivity index (χ0v) is 17.7. The van der Waals surface area contributed by atoms with E-state index in [-0.39, 0.29) is 17.7 Å². The van der Waals surface area contributed by atoms with Crippen molar-refractivity contribution in [1.82, 2.24) is 19.8 Å². The standard InChI is InChI=1S/C22H23N5O2S/c1-3-26-15-23-24-22(26)30-14-21(28)27-20(17-9-11-18(29-2)12-10-17)13-19(25-27)16-7-5-4-6-8-16/h4-12,15,20H,3,13-14H2,1-2H3. The van der Waals surface area contributed by atoms with Gasteiger partial charge in [0, 0.05) is 13.0 Å². The molecule has 1 aromatic heterocycles. The molecule has 0 saturated heterocycles. The van der Waals surface area contributed by atoms with Crippen LogP contribution in [-0.4, -0.2) is 44.3 Å². The second-order valence-corrected chi connectivity index (χ2v) is 7.77. The van der Waals surface area contributed by atoms with Gasteiger partial charge in [-0.3, -0.25) is 4.79 Å². The fraction of sp³-hybridized carbons (Fsp3) is 0.273. The number of amides is 1. The molecule has 8 heteroatoms. The van der Waals surface area contributed by atoms with E-state index < -0.39 is 0 Å². The van der Waals surface area contributed by atoms with Crippen LogP contribution in [0.2, 0.25) is 0 Å². The van der Waals surface area contributed by atoms with Crippen molar-refractivity contribution in [3.63, 3.8) is 0 Å². The molecule has 2 heterocycles. The van der Waals surface area contributed by atoms with Crippen molar-refractivity contribution in [2.45, 2.75) is 31.1 Å². The molecule has 0 bridgehead atoms. The van der Waals surface area contributed by atoms with Crippen molar-refractivity contribution in [3.8, 4) is 5.75 Å². The van der Waals surface area contributed by atoms with E-state index in [0.29, 0.717) is 6.42 Å². The first-order valence-electron chi connectivity index (χ1n) is 9.79. The predicted molar refractivity (Wildman–Crippen MR) is 117 cm³/mol. The Morgan fingerprint density at radius 3 is 2.63 bits per heavy atom. The van der Waals surface area contributed by atoms with E-state index in [1.54, 1.807) is 18.4 Å². The zero-order chi connectivity index (χ0) is 20.9. The molecule has 4 rings (SSSR count). The molecule has 154 valence electrons. The summed E-state index contributed by atoms with van der Waals surface area (Å²) < 4.78 is 7.19. The molecule has 1 atom stereocenters. The number of rotatable bonds is 7. The van der Waals surface area contributed by atoms with Gasteiger partial charge in [0.1, 0.15) is 12.1 Å². The quantitative estimate of drug-likeness (QED) is 0.543. The third-order valence-corrected chi connectivity index (χ3v) is 5.98. The minimum atomic E-state index is -0.150. The first-order chi connectivity index (χ1) is 14.7. The number of hydrogen-bond acceptors (Lipinski definition) is 6. The van der Waals surface area contributed by atoms with Crippen LogP contribution in [-0.2, 0) is 11.3 Å². The minimum absolute atomic E-state index is 0.0580. The SMILES string of the molecule is CCn1cnnc1SCC(=O)N1N=C(c2ccccc2)CC1c1ccc(OC)cc1. The summed E-state index contributed by atoms with van der Waals surface area (Å²) in [5, 5.41) is 15.1. The van der Waals surface area contributed by atoms with Crippen molar-refractivity contribution in [2.24, 2.45) is 5.10 Å². The van der Waals surface area contributed by atoms with Crippen molar-refractivity contribution in [1.29, 1.82) is 0 Å². The smallest absolute Gasteiger partial charge is 0.253 e. The van der Waals surface area contributed by atoms with Gasteiger partial charge in [0.05, 0.1) is 24.6 Å². The highest BCUT2D eigenvalue weighted by atomic mass is 32.2. The summed E-state index contributed by atoms with van der Waals surface area (Å²) in [5.74, 6) is 0.974. The Hall–Kier alpha value is -3.13. The number of nitrogens with zero attached hydrogens (tertiary/aromatic N) is 5. The number of hydrogen-bond donors (Lipinski definition) is 0. The molecule has 0 aliphatic carbocycles. The van der Waals surface area contributed by atoms with Crippen molar-refractivity contribution >= 4 is 23.4 Å². The number of aryl methyl sites for hydroxylation is 1. The van der Waals surface area contributed by atoms with E-state index in [2.05, 4.69) is 10.2 Å². The van der Waals surface area contributed by atoms with Crippen LogP contribution in [0, 0.1) is 0 Å². The maximum Gasteiger partial charge on any atom is 0.253 e. The van der Waals surface area contributed by atoms with Gasteiger partial charge >= 0.3 is 0 Å². The van der Waals surface area contributed by atoms with Gasteiger partial charge in [-0.25, -0.2) is 5.01 Å². The number of aromatic nitrogens is 3. The average Bonchev–Trinajstić information content (AvgIpc) is 3.45. The highest BCUT2D eigenvalue weighted by molar-refractivity contribution is 7.99. The predicted octanol–water partition coefficient (Wildman–Crippen LogP) is 3.78. The molecule has 3 aromatic rings. The van der Waals surface area contributed by atoms with Gasteiger partial charge in [0.2, 0.25) is 0 Å². The third-order valence-electron chi connectivity index (χ3n) is 5.02. The van der Waals surface area contributed by atoms with E-state index in [0.717, 1.165) is 34.3 Å². The highest BCUT2D eigenvalue weighted by Gasteiger charge is 2.33. The second-order valence-electron chi connectivity index (χ2n) is 6.83. The molecule has 30 heavy (non-hydrogen) atoms. The monoisotopic (exact) mass is 421 g/mol. The number of carbonyl (C=O) groups excluding carboxylic acids is 1. The molecule has 0 spiro atoms. The molecular weight excluding hydrogens is 398 g/mol. The number of thioether (sulfide) groups is 1. The van der Waals surface area contributed by atoms with Gasteiger partial charge in [0.25, 0.3) is 5.91 Å². The molecule has 7 nitrogen and oxygen atoms in total. The summed E-state index contributed by atoms with van der Waals surface area (Å²) in [4.78, 5) is 13.1. The Bertz CT molecular complexity index is 1030. The number of ether oxygens (including phenoxy) is 1. The maximum absolute atomic E-state index is 13.1. The molecule has 2 aromatic carbocycles. The van der Waals surface area contributed by atoms with Crippen LogP contribution < -0.4 is 4.74 Å². The largest absolute Gasteiger partial charge is 0.497 e. The summed E-state index contributed by atoms with van der Waals surface area (Å²) >= 11 is 1.38. The molecule has 1 unspecified atom stereocenters. The van der Waals surface area contributed by atoms with Gasteiger partial charge in [-0.1, -0.05) is 54.2 Å². The lowest BCUT2D eigenvalue weighted by Crippen LogP contribution is -2.28. The maximum atomic E-state index is 13.1. The summed E-state index contributed by atoms with van der Waals surface area (Å²) in [6.45, 7) is 2.78. The topological polar surface area (TPSA) is 72.6 Å². The van der Waals surface area contributed by atoms with Gasteiger partial charge < -0.3 is 9.30 Å². The molecule has 0 N–H and O–H groups in total. The Balaban J connectivity index is 1.57.